The van der Waals surface area contributed by atoms with Gasteiger partial charge in [0.15, 0.2) is 0 Å². The Hall–Kier alpha value is -3.43. The van der Waals surface area contributed by atoms with Crippen molar-refractivity contribution in [1.82, 2.24) is 9.13 Å². The number of carbonyl (C=O) groups is 2. The standard InChI is InChI=1S/C22H30BNO4.C20H21NO2S.C4H3IS/c1-21(2)22(3,4)28-23(27-21)19-18(14-9-7-8-10-14)16-12-11-15(20(25)26-6)13-17(16)24(19)5;1-21-16-12-14(20(22)23-2)9-10-15(16)18(13-6-3-4-7-13)19(21)17-8-5-11-24-17;5-4-2-1-3-6-4/h11-14H,7-10H2,1-6H3;5,8-13H,3-4,6-7H2,1-2H3;1-3H. The maximum Gasteiger partial charge on any atom is 0.512 e. The van der Waals surface area contributed by atoms with Crippen LogP contribution in [0.1, 0.15) is 123 Å². The van der Waals surface area contributed by atoms with Crippen molar-refractivity contribution in [1.29, 1.82) is 0 Å². The van der Waals surface area contributed by atoms with E-state index in [1.807, 2.05) is 37.4 Å². The molecule has 9 rings (SSSR count). The van der Waals surface area contributed by atoms with E-state index in [0.717, 1.165) is 16.6 Å². The average molecular weight is 933 g/mol. The fraction of sp³-hybridized carbons (Fsp3) is 0.435. The molecule has 0 atom stereocenters. The first-order chi connectivity index (χ1) is 27.8. The number of fused-ring (bicyclic) bond motifs is 2. The second-order valence-electron chi connectivity index (χ2n) is 16.6. The third kappa shape index (κ3) is 8.33. The quantitative estimate of drug-likeness (QED) is 0.0940. The summed E-state index contributed by atoms with van der Waals surface area (Å²) in [6.07, 6.45) is 10.0. The molecule has 0 bridgehead atoms. The van der Waals surface area contributed by atoms with Crippen molar-refractivity contribution in [2.24, 2.45) is 14.1 Å². The van der Waals surface area contributed by atoms with Crippen LogP contribution in [0.3, 0.4) is 0 Å². The summed E-state index contributed by atoms with van der Waals surface area (Å²) in [5.74, 6) is 0.525. The Morgan fingerprint density at radius 2 is 1.19 bits per heavy atom. The molecule has 5 heterocycles. The Balaban J connectivity index is 0.000000155. The van der Waals surface area contributed by atoms with Gasteiger partial charge in [-0.1, -0.05) is 49.9 Å². The molecule has 2 aromatic carbocycles. The number of nitrogens with zero attached hydrogens (tertiary/aromatic N) is 2. The molecule has 1 aliphatic heterocycles. The van der Waals surface area contributed by atoms with Gasteiger partial charge in [-0.2, -0.15) is 0 Å². The molecule has 4 aromatic heterocycles. The van der Waals surface area contributed by atoms with Crippen LogP contribution in [0, 0.1) is 2.88 Å². The van der Waals surface area contributed by atoms with Gasteiger partial charge in [0, 0.05) is 35.9 Å². The predicted octanol–water partition coefficient (Wildman–Crippen LogP) is 11.6. The van der Waals surface area contributed by atoms with E-state index >= 15 is 0 Å². The van der Waals surface area contributed by atoms with Crippen LogP contribution in [0.2, 0.25) is 0 Å². The van der Waals surface area contributed by atoms with Crippen LogP contribution in [-0.2, 0) is 32.9 Å². The molecular formula is C46H54BIN2O6S2. The molecule has 6 aromatic rings. The number of benzene rings is 2. The van der Waals surface area contributed by atoms with Crippen molar-refractivity contribution < 1.29 is 28.4 Å². The minimum Gasteiger partial charge on any atom is -0.465 e. The first-order valence-electron chi connectivity index (χ1n) is 20.3. The molecule has 8 nitrogen and oxygen atoms in total. The molecular weight excluding hydrogens is 878 g/mol. The van der Waals surface area contributed by atoms with Crippen LogP contribution in [0.25, 0.3) is 32.4 Å². The van der Waals surface area contributed by atoms with Gasteiger partial charge in [0.25, 0.3) is 0 Å². The largest absolute Gasteiger partial charge is 0.512 e. The minimum atomic E-state index is -0.417. The molecule has 0 amide bonds. The summed E-state index contributed by atoms with van der Waals surface area (Å²) < 4.78 is 28.4. The molecule has 3 fully saturated rings. The van der Waals surface area contributed by atoms with E-state index in [0.29, 0.717) is 23.0 Å². The van der Waals surface area contributed by atoms with Crippen LogP contribution >= 0.6 is 45.3 Å². The molecule has 12 heteroatoms. The monoisotopic (exact) mass is 932 g/mol. The highest BCUT2D eigenvalue weighted by molar-refractivity contribution is 14.1. The van der Waals surface area contributed by atoms with E-state index in [1.54, 1.807) is 22.7 Å². The van der Waals surface area contributed by atoms with E-state index < -0.39 is 18.3 Å². The Bertz CT molecular complexity index is 2370. The van der Waals surface area contributed by atoms with Crippen LogP contribution in [0.15, 0.2) is 71.4 Å². The van der Waals surface area contributed by atoms with E-state index in [4.69, 9.17) is 18.8 Å². The predicted molar refractivity (Wildman–Crippen MR) is 247 cm³/mol. The van der Waals surface area contributed by atoms with Crippen molar-refractivity contribution in [3.05, 3.63) is 96.6 Å². The zero-order chi connectivity index (χ0) is 41.4. The van der Waals surface area contributed by atoms with Gasteiger partial charge in [-0.25, -0.2) is 9.59 Å². The summed E-state index contributed by atoms with van der Waals surface area (Å²) >= 11 is 5.84. The van der Waals surface area contributed by atoms with Gasteiger partial charge in [0.05, 0.1) is 55.6 Å². The highest BCUT2D eigenvalue weighted by atomic mass is 127. The van der Waals surface area contributed by atoms with E-state index in [-0.39, 0.29) is 11.9 Å². The Labute approximate surface area is 364 Å². The van der Waals surface area contributed by atoms with Crippen LogP contribution in [0.4, 0.5) is 0 Å². The van der Waals surface area contributed by atoms with Gasteiger partial charge < -0.3 is 27.9 Å². The molecule has 1 saturated heterocycles. The molecule has 2 aliphatic carbocycles. The summed E-state index contributed by atoms with van der Waals surface area (Å²) in [5.41, 5.74) is 7.72. The second-order valence-corrected chi connectivity index (χ2v) is 20.4. The lowest BCUT2D eigenvalue weighted by Crippen LogP contribution is -2.41. The van der Waals surface area contributed by atoms with E-state index in [2.05, 4.69) is 108 Å². The van der Waals surface area contributed by atoms with E-state index in [9.17, 15) is 9.59 Å². The zero-order valence-corrected chi connectivity index (χ0v) is 38.6. The average Bonchev–Trinajstić information content (AvgIpc) is 4.07. The Morgan fingerprint density at radius 3 is 1.64 bits per heavy atom. The van der Waals surface area contributed by atoms with E-state index in [1.165, 1.54) is 101 Å². The summed E-state index contributed by atoms with van der Waals surface area (Å²) in [5, 5.41) is 6.67. The van der Waals surface area contributed by atoms with Crippen LogP contribution < -0.4 is 5.59 Å². The number of thiophene rings is 2. The number of rotatable bonds is 6. The smallest absolute Gasteiger partial charge is 0.465 e. The molecule has 0 spiro atoms. The third-order valence-electron chi connectivity index (χ3n) is 12.6. The zero-order valence-electron chi connectivity index (χ0n) is 34.9. The SMILES string of the molecule is COC(=O)c1ccc2c(C3CCCC3)c(-c3cccs3)n(C)c2c1.COC(=O)c1ccc2c(C3CCCC3)c(B3OC(C)(C)C(C)(C)O3)n(C)c2c1.Ic1cccs1. The second kappa shape index (κ2) is 17.7. The van der Waals surface area contributed by atoms with Gasteiger partial charge in [-0.05, 0) is 146 Å². The summed E-state index contributed by atoms with van der Waals surface area (Å²) in [4.78, 5) is 25.3. The number of carbonyl (C=O) groups excluding carboxylic acids is 2. The number of ether oxygens (including phenoxy) is 2. The molecule has 2 saturated carbocycles. The van der Waals surface area contributed by atoms with Gasteiger partial charge >= 0.3 is 19.1 Å². The number of methoxy groups -OCH3 is 2. The van der Waals surface area contributed by atoms with Crippen molar-refractivity contribution in [3.63, 3.8) is 0 Å². The minimum absolute atomic E-state index is 0.279. The van der Waals surface area contributed by atoms with Gasteiger partial charge in [-0.3, -0.25) is 0 Å². The molecule has 0 radical (unpaired) electrons. The number of aromatic nitrogens is 2. The highest BCUT2D eigenvalue weighted by Crippen LogP contribution is 2.46. The summed E-state index contributed by atoms with van der Waals surface area (Å²) in [6.45, 7) is 8.33. The normalized spacial score (nSPS) is 17.6. The molecule has 306 valence electrons. The van der Waals surface area contributed by atoms with Crippen LogP contribution in [0.5, 0.6) is 0 Å². The Kier molecular flexibility index (Phi) is 13.0. The number of aryl methyl sites for hydroxylation is 2. The number of halogens is 1. The first kappa shape index (κ1) is 42.7. The lowest BCUT2D eigenvalue weighted by molar-refractivity contribution is 0.00578. The van der Waals surface area contributed by atoms with Gasteiger partial charge in [0.2, 0.25) is 0 Å². The first-order valence-corrected chi connectivity index (χ1v) is 23.1. The van der Waals surface area contributed by atoms with Crippen molar-refractivity contribution in [3.8, 4) is 10.6 Å². The lowest BCUT2D eigenvalue weighted by atomic mass is 9.77. The number of hydrogen-bond donors (Lipinski definition) is 0. The maximum atomic E-state index is 12.1. The molecule has 0 N–H and O–H groups in total. The van der Waals surface area contributed by atoms with Crippen molar-refractivity contribution in [2.75, 3.05) is 14.2 Å². The topological polar surface area (TPSA) is 80.9 Å². The van der Waals surface area contributed by atoms with Crippen molar-refractivity contribution in [2.45, 2.75) is 102 Å². The maximum absolute atomic E-state index is 12.1. The summed E-state index contributed by atoms with van der Waals surface area (Å²) in [6, 6.07) is 20.2. The van der Waals surface area contributed by atoms with Gasteiger partial charge in [0.1, 0.15) is 0 Å². The fourth-order valence-corrected chi connectivity index (χ4v) is 10.8. The lowest BCUT2D eigenvalue weighted by Gasteiger charge is -2.32. The molecule has 58 heavy (non-hydrogen) atoms. The fourth-order valence-electron chi connectivity index (χ4n) is 8.92. The summed E-state index contributed by atoms with van der Waals surface area (Å²) in [7, 11) is 6.58. The Morgan fingerprint density at radius 1 is 0.707 bits per heavy atom. The number of esters is 2. The highest BCUT2D eigenvalue weighted by Gasteiger charge is 2.53. The third-order valence-corrected chi connectivity index (χ3v) is 15.3. The van der Waals surface area contributed by atoms with Gasteiger partial charge in [-0.15, -0.1) is 22.7 Å². The molecule has 3 aliphatic rings. The van der Waals surface area contributed by atoms with Crippen molar-refractivity contribution >= 4 is 91.7 Å². The number of hydrogen-bond acceptors (Lipinski definition) is 8. The molecule has 0 unspecified atom stereocenters. The van der Waals surface area contributed by atoms with Crippen LogP contribution in [-0.4, -0.2) is 53.6 Å².